The summed E-state index contributed by atoms with van der Waals surface area (Å²) in [5, 5.41) is 3.18. The monoisotopic (exact) mass is 333 g/mol. The fraction of sp³-hybridized carbons (Fsp3) is 0.571. The highest BCUT2D eigenvalue weighted by Gasteiger charge is 2.35. The average Bonchev–Trinajstić information content (AvgIpc) is 2.39. The van der Waals surface area contributed by atoms with Gasteiger partial charge in [-0.25, -0.2) is 8.78 Å². The molecule has 0 aromatic heterocycles. The van der Waals surface area contributed by atoms with Crippen LogP contribution in [-0.4, -0.2) is 20.2 Å². The lowest BCUT2D eigenvalue weighted by atomic mass is 9.90. The Balaban J connectivity index is 2.11. The lowest BCUT2D eigenvalue weighted by Crippen LogP contribution is -2.33. The third kappa shape index (κ3) is 3.66. The lowest BCUT2D eigenvalue weighted by molar-refractivity contribution is -0.0318. The van der Waals surface area contributed by atoms with E-state index in [0.717, 1.165) is 19.4 Å². The molecule has 1 aromatic rings. The maximum atomic E-state index is 14.3. The van der Waals surface area contributed by atoms with Crippen LogP contribution in [0.1, 0.15) is 24.8 Å². The van der Waals surface area contributed by atoms with Crippen molar-refractivity contribution in [1.82, 2.24) is 5.32 Å². The molecule has 0 aliphatic carbocycles. The van der Waals surface area contributed by atoms with Crippen molar-refractivity contribution in [1.29, 1.82) is 0 Å². The van der Waals surface area contributed by atoms with Gasteiger partial charge in [-0.2, -0.15) is 0 Å². The van der Waals surface area contributed by atoms with Crippen molar-refractivity contribution in [2.75, 3.05) is 20.2 Å². The number of hydrogen-bond acceptors (Lipinski definition) is 2. The van der Waals surface area contributed by atoms with E-state index in [1.54, 1.807) is 6.07 Å². The third-order valence-corrected chi connectivity index (χ3v) is 4.14. The smallest absolute Gasteiger partial charge is 0.273 e. The molecule has 1 aromatic carbocycles. The minimum absolute atomic E-state index is 0.0460. The lowest BCUT2D eigenvalue weighted by Gasteiger charge is -2.27. The summed E-state index contributed by atoms with van der Waals surface area (Å²) in [6.07, 6.45) is 1.76. The number of methoxy groups -OCH3 is 1. The summed E-state index contributed by atoms with van der Waals surface area (Å²) < 4.78 is 34.2. The molecule has 2 nitrogen and oxygen atoms in total. The quantitative estimate of drug-likeness (QED) is 0.901. The van der Waals surface area contributed by atoms with Crippen LogP contribution >= 0.6 is 15.9 Å². The van der Waals surface area contributed by atoms with Crippen molar-refractivity contribution in [2.45, 2.75) is 25.2 Å². The van der Waals surface area contributed by atoms with Gasteiger partial charge in [0.25, 0.3) is 5.92 Å². The predicted molar refractivity (Wildman–Crippen MR) is 74.8 cm³/mol. The Bertz CT molecular complexity index is 433. The van der Waals surface area contributed by atoms with Crippen LogP contribution in [0.25, 0.3) is 0 Å². The molecule has 0 bridgehead atoms. The Labute approximate surface area is 120 Å². The molecule has 1 aliphatic heterocycles. The number of alkyl halides is 2. The first-order chi connectivity index (χ1) is 9.03. The Morgan fingerprint density at radius 3 is 2.84 bits per heavy atom. The standard InChI is InChI=1S/C14H18BrF2NO/c1-19-13-5-4-11(7-12(13)15)14(16,17)8-10-3-2-6-18-9-10/h4-5,7,10,18H,2-3,6,8-9H2,1H3. The first-order valence-electron chi connectivity index (χ1n) is 6.45. The molecule has 0 saturated carbocycles. The summed E-state index contributed by atoms with van der Waals surface area (Å²) >= 11 is 3.25. The first kappa shape index (κ1) is 14.7. The zero-order valence-electron chi connectivity index (χ0n) is 10.9. The highest BCUT2D eigenvalue weighted by atomic mass is 79.9. The average molecular weight is 334 g/mol. The zero-order valence-corrected chi connectivity index (χ0v) is 12.5. The minimum atomic E-state index is -2.79. The number of halogens is 3. The van der Waals surface area contributed by atoms with Gasteiger partial charge in [0, 0.05) is 12.0 Å². The summed E-state index contributed by atoms with van der Waals surface area (Å²) in [7, 11) is 1.52. The van der Waals surface area contributed by atoms with E-state index in [1.165, 1.54) is 19.2 Å². The van der Waals surface area contributed by atoms with E-state index in [0.29, 0.717) is 16.8 Å². The normalized spacial score (nSPS) is 20.3. The Kier molecular flexibility index (Phi) is 4.79. The van der Waals surface area contributed by atoms with Crippen LogP contribution in [0.2, 0.25) is 0 Å². The second-order valence-electron chi connectivity index (χ2n) is 4.97. The van der Waals surface area contributed by atoms with Crippen LogP contribution in [-0.2, 0) is 5.92 Å². The molecule has 1 unspecified atom stereocenters. The molecule has 1 heterocycles. The van der Waals surface area contributed by atoms with Crippen molar-refractivity contribution >= 4 is 15.9 Å². The molecule has 0 amide bonds. The van der Waals surface area contributed by atoms with Crippen LogP contribution in [0, 0.1) is 5.92 Å². The second kappa shape index (κ2) is 6.18. The van der Waals surface area contributed by atoms with Crippen LogP contribution in [0.3, 0.4) is 0 Å². The summed E-state index contributed by atoms with van der Waals surface area (Å²) in [4.78, 5) is 0. The number of nitrogens with one attached hydrogen (secondary N) is 1. The van der Waals surface area contributed by atoms with E-state index < -0.39 is 5.92 Å². The van der Waals surface area contributed by atoms with E-state index in [2.05, 4.69) is 21.2 Å². The van der Waals surface area contributed by atoms with Gasteiger partial charge >= 0.3 is 0 Å². The van der Waals surface area contributed by atoms with Crippen LogP contribution < -0.4 is 10.1 Å². The predicted octanol–water partition coefficient (Wildman–Crippen LogP) is 3.94. The van der Waals surface area contributed by atoms with Crippen molar-refractivity contribution in [3.05, 3.63) is 28.2 Å². The van der Waals surface area contributed by atoms with Gasteiger partial charge in [0.1, 0.15) is 5.75 Å². The molecule has 2 rings (SSSR count). The molecule has 1 aliphatic rings. The largest absolute Gasteiger partial charge is 0.496 e. The number of hydrogen-bond donors (Lipinski definition) is 1. The van der Waals surface area contributed by atoms with E-state index in [9.17, 15) is 8.78 Å². The minimum Gasteiger partial charge on any atom is -0.496 e. The topological polar surface area (TPSA) is 21.3 Å². The van der Waals surface area contributed by atoms with E-state index >= 15 is 0 Å². The molecular formula is C14H18BrF2NO. The number of benzene rings is 1. The van der Waals surface area contributed by atoms with E-state index in [4.69, 9.17) is 4.74 Å². The first-order valence-corrected chi connectivity index (χ1v) is 7.25. The third-order valence-electron chi connectivity index (χ3n) is 3.52. The maximum Gasteiger partial charge on any atom is 0.273 e. The Hall–Kier alpha value is -0.680. The molecular weight excluding hydrogens is 316 g/mol. The Morgan fingerprint density at radius 1 is 1.47 bits per heavy atom. The molecule has 1 fully saturated rings. The second-order valence-corrected chi connectivity index (χ2v) is 5.82. The number of piperidine rings is 1. The van der Waals surface area contributed by atoms with Gasteiger partial charge < -0.3 is 10.1 Å². The van der Waals surface area contributed by atoms with Gasteiger partial charge in [0.15, 0.2) is 0 Å². The number of rotatable bonds is 4. The van der Waals surface area contributed by atoms with Crippen molar-refractivity contribution in [3.8, 4) is 5.75 Å². The number of ether oxygens (including phenoxy) is 1. The SMILES string of the molecule is COc1ccc(C(F)(F)CC2CCCNC2)cc1Br. The van der Waals surface area contributed by atoms with E-state index in [1.807, 2.05) is 0 Å². The van der Waals surface area contributed by atoms with Gasteiger partial charge in [-0.1, -0.05) is 0 Å². The summed E-state index contributed by atoms with van der Waals surface area (Å²) in [5.41, 5.74) is 0.0470. The van der Waals surface area contributed by atoms with Gasteiger partial charge in [-0.05, 0) is 66.0 Å². The molecule has 19 heavy (non-hydrogen) atoms. The fourth-order valence-electron chi connectivity index (χ4n) is 2.47. The van der Waals surface area contributed by atoms with Gasteiger partial charge in [0.2, 0.25) is 0 Å². The van der Waals surface area contributed by atoms with Crippen molar-refractivity contribution < 1.29 is 13.5 Å². The Morgan fingerprint density at radius 2 is 2.26 bits per heavy atom. The van der Waals surface area contributed by atoms with Crippen LogP contribution in [0.15, 0.2) is 22.7 Å². The molecule has 5 heteroatoms. The molecule has 1 saturated heterocycles. The summed E-state index contributed by atoms with van der Waals surface area (Å²) in [5.74, 6) is -2.18. The van der Waals surface area contributed by atoms with Crippen molar-refractivity contribution in [2.24, 2.45) is 5.92 Å². The maximum absolute atomic E-state index is 14.3. The summed E-state index contributed by atoms with van der Waals surface area (Å²) in [6.45, 7) is 1.63. The van der Waals surface area contributed by atoms with Crippen LogP contribution in [0.5, 0.6) is 5.75 Å². The molecule has 1 N–H and O–H groups in total. The van der Waals surface area contributed by atoms with Gasteiger partial charge in [-0.3, -0.25) is 0 Å². The highest BCUT2D eigenvalue weighted by molar-refractivity contribution is 9.10. The zero-order chi connectivity index (χ0) is 13.9. The fourth-order valence-corrected chi connectivity index (χ4v) is 3.01. The van der Waals surface area contributed by atoms with Gasteiger partial charge in [0.05, 0.1) is 11.6 Å². The summed E-state index contributed by atoms with van der Waals surface area (Å²) in [6, 6.07) is 4.47. The molecule has 1 atom stereocenters. The highest BCUT2D eigenvalue weighted by Crippen LogP contribution is 2.39. The molecule has 0 spiro atoms. The van der Waals surface area contributed by atoms with Gasteiger partial charge in [-0.15, -0.1) is 0 Å². The molecule has 0 radical (unpaired) electrons. The van der Waals surface area contributed by atoms with Crippen molar-refractivity contribution in [3.63, 3.8) is 0 Å². The van der Waals surface area contributed by atoms with Crippen LogP contribution in [0.4, 0.5) is 8.78 Å². The molecule has 106 valence electrons. The van der Waals surface area contributed by atoms with E-state index in [-0.39, 0.29) is 17.9 Å².